The molecule has 186 valence electrons. The van der Waals surface area contributed by atoms with Crippen molar-refractivity contribution in [2.75, 3.05) is 24.1 Å². The molecule has 0 fully saturated rings. The number of hydrogen-bond donors (Lipinski definition) is 2. The Morgan fingerprint density at radius 2 is 2.00 bits per heavy atom. The van der Waals surface area contributed by atoms with Crippen LogP contribution in [0.15, 0.2) is 48.7 Å². The minimum absolute atomic E-state index is 0.00742. The molecular weight excluding hydrogens is 482 g/mol. The van der Waals surface area contributed by atoms with Gasteiger partial charge in [-0.25, -0.2) is 28.4 Å². The maximum Gasteiger partial charge on any atom is 0.392 e. The number of rotatable bonds is 4. The Kier molecular flexibility index (Phi) is 5.57. The van der Waals surface area contributed by atoms with Crippen LogP contribution in [0.5, 0.6) is 0 Å². The van der Waals surface area contributed by atoms with E-state index in [-0.39, 0.29) is 30.2 Å². The first kappa shape index (κ1) is 23.3. The van der Waals surface area contributed by atoms with E-state index in [1.807, 2.05) is 0 Å². The number of nitrogen functional groups attached to an aromatic ring is 1. The summed E-state index contributed by atoms with van der Waals surface area (Å²) < 4.78 is 55.6. The third-order valence-electron chi connectivity index (χ3n) is 5.69. The average molecular weight is 501 g/mol. The van der Waals surface area contributed by atoms with E-state index in [0.29, 0.717) is 28.2 Å². The van der Waals surface area contributed by atoms with E-state index < -0.39 is 24.4 Å². The Hall–Kier alpha value is -4.49. The van der Waals surface area contributed by atoms with Gasteiger partial charge in [-0.2, -0.15) is 23.4 Å². The number of carbonyl (C=O) groups is 1. The van der Waals surface area contributed by atoms with Crippen molar-refractivity contribution in [2.24, 2.45) is 0 Å². The molecule has 10 nitrogen and oxygen atoms in total. The number of nitrogens with two attached hydrogens (primary N) is 1. The molecule has 0 unspecified atom stereocenters. The van der Waals surface area contributed by atoms with Crippen molar-refractivity contribution in [3.8, 4) is 16.9 Å². The van der Waals surface area contributed by atoms with Gasteiger partial charge < -0.3 is 16.0 Å². The van der Waals surface area contributed by atoms with E-state index in [0.717, 1.165) is 0 Å². The normalized spacial score (nSPS) is 13.9. The molecule has 0 radical (unpaired) electrons. The molecule has 14 heteroatoms. The molecule has 1 aromatic carbocycles. The zero-order valence-electron chi connectivity index (χ0n) is 18.8. The van der Waals surface area contributed by atoms with Crippen LogP contribution in [0.25, 0.3) is 22.6 Å². The second kappa shape index (κ2) is 8.62. The smallest absolute Gasteiger partial charge is 0.381 e. The first-order chi connectivity index (χ1) is 17.1. The van der Waals surface area contributed by atoms with Gasteiger partial charge >= 0.3 is 12.2 Å². The summed E-state index contributed by atoms with van der Waals surface area (Å²) in [4.78, 5) is 21.9. The van der Waals surface area contributed by atoms with E-state index in [9.17, 15) is 22.4 Å². The molecule has 3 aromatic heterocycles. The molecule has 4 aromatic rings. The topological polar surface area (TPSA) is 119 Å². The van der Waals surface area contributed by atoms with Crippen molar-refractivity contribution in [1.29, 1.82) is 0 Å². The van der Waals surface area contributed by atoms with Crippen LogP contribution in [-0.4, -0.2) is 59.6 Å². The Bertz CT molecular complexity index is 1510. The van der Waals surface area contributed by atoms with Crippen LogP contribution in [-0.2, 0) is 0 Å². The minimum atomic E-state index is -4.36. The molecule has 0 spiro atoms. The number of benzene rings is 1. The number of nitrogens with zero attached hydrogens (tertiary/aromatic N) is 7. The number of urea groups is 1. The zero-order chi connectivity index (χ0) is 25.6. The summed E-state index contributed by atoms with van der Waals surface area (Å²) in [5.41, 5.74) is 8.46. The number of amides is 2. The van der Waals surface area contributed by atoms with Gasteiger partial charge in [-0.1, -0.05) is 6.08 Å². The Morgan fingerprint density at radius 1 is 1.19 bits per heavy atom. The molecule has 5 rings (SSSR count). The summed E-state index contributed by atoms with van der Waals surface area (Å²) in [6, 6.07) is 1.95. The molecule has 36 heavy (non-hydrogen) atoms. The Morgan fingerprint density at radius 3 is 2.78 bits per heavy atom. The minimum Gasteiger partial charge on any atom is -0.381 e. The number of imidazole rings is 1. The summed E-state index contributed by atoms with van der Waals surface area (Å²) in [6.07, 6.45) is 2.03. The van der Waals surface area contributed by atoms with Gasteiger partial charge in [0.1, 0.15) is 12.1 Å². The largest absolute Gasteiger partial charge is 0.392 e. The maximum atomic E-state index is 14.7. The fraction of sp³-hybridized carbons (Fsp3) is 0.227. The van der Waals surface area contributed by atoms with Crippen LogP contribution in [0.4, 0.5) is 33.9 Å². The molecule has 0 saturated heterocycles. The third kappa shape index (κ3) is 4.44. The summed E-state index contributed by atoms with van der Waals surface area (Å²) in [5, 5.41) is 10.9. The predicted octanol–water partition coefficient (Wildman–Crippen LogP) is 3.73. The lowest BCUT2D eigenvalue weighted by molar-refractivity contribution is -0.127. The quantitative estimate of drug-likeness (QED) is 0.325. The highest BCUT2D eigenvalue weighted by Crippen LogP contribution is 2.29. The SMILES string of the molecule is Cc1cc(F)c(NC(=O)N2CC=C(CC(F)(F)F)C2)cc1-n1cc(-c2cnc3c(N)ncnn23)cn1. The van der Waals surface area contributed by atoms with E-state index in [4.69, 9.17) is 5.73 Å². The van der Waals surface area contributed by atoms with E-state index >= 15 is 0 Å². The third-order valence-corrected chi connectivity index (χ3v) is 5.69. The number of aryl methyl sites for hydroxylation is 1. The number of halogens is 4. The summed E-state index contributed by atoms with van der Waals surface area (Å²) in [6.45, 7) is 1.51. The van der Waals surface area contributed by atoms with Crippen LogP contribution >= 0.6 is 0 Å². The van der Waals surface area contributed by atoms with Gasteiger partial charge in [-0.15, -0.1) is 0 Å². The standard InChI is InChI=1S/C22H19F4N9O/c1-12-4-15(23)16(32-21(36)33-3-2-13(9-33)6-22(24,25)26)5-17(12)34-10-14(7-30-34)18-8-28-20-19(27)29-11-31-35(18)20/h2,4-5,7-8,10-11H,3,6,9H2,1H3,(H,32,36)(H2,27,29,31). The number of hydrogen-bond acceptors (Lipinski definition) is 6. The molecule has 1 aliphatic rings. The molecule has 0 saturated carbocycles. The average Bonchev–Trinajstić information content (AvgIpc) is 3.54. The number of alkyl halides is 3. The molecule has 0 bridgehead atoms. The van der Waals surface area contributed by atoms with Gasteiger partial charge in [-0.3, -0.25) is 0 Å². The number of anilines is 2. The van der Waals surface area contributed by atoms with Crippen LogP contribution in [0.1, 0.15) is 12.0 Å². The lowest BCUT2D eigenvalue weighted by atomic mass is 10.1. The monoisotopic (exact) mass is 501 g/mol. The Labute approximate surface area is 201 Å². The van der Waals surface area contributed by atoms with E-state index in [2.05, 4.69) is 25.5 Å². The first-order valence-electron chi connectivity index (χ1n) is 10.7. The van der Waals surface area contributed by atoms with Crippen LogP contribution < -0.4 is 11.1 Å². The zero-order valence-corrected chi connectivity index (χ0v) is 18.8. The summed E-state index contributed by atoms with van der Waals surface area (Å²) in [5.74, 6) is -0.467. The number of fused-ring (bicyclic) bond motifs is 1. The van der Waals surface area contributed by atoms with Crippen LogP contribution in [0.2, 0.25) is 0 Å². The fourth-order valence-electron chi connectivity index (χ4n) is 3.97. The highest BCUT2D eigenvalue weighted by atomic mass is 19.4. The second-order valence-corrected chi connectivity index (χ2v) is 8.28. The summed E-state index contributed by atoms with van der Waals surface area (Å²) >= 11 is 0. The van der Waals surface area contributed by atoms with Crippen molar-refractivity contribution in [2.45, 2.75) is 19.5 Å². The maximum absolute atomic E-state index is 14.7. The Balaban J connectivity index is 1.37. The number of nitrogens with one attached hydrogen (secondary N) is 1. The van der Waals surface area contributed by atoms with Crippen molar-refractivity contribution in [3.63, 3.8) is 0 Å². The lowest BCUT2D eigenvalue weighted by Crippen LogP contribution is -2.33. The van der Waals surface area contributed by atoms with Crippen molar-refractivity contribution in [3.05, 3.63) is 60.1 Å². The van der Waals surface area contributed by atoms with Gasteiger partial charge in [0.2, 0.25) is 0 Å². The van der Waals surface area contributed by atoms with Crippen molar-refractivity contribution < 1.29 is 22.4 Å². The number of aromatic nitrogens is 6. The van der Waals surface area contributed by atoms with E-state index in [1.54, 1.807) is 25.5 Å². The summed E-state index contributed by atoms with van der Waals surface area (Å²) in [7, 11) is 0. The molecule has 3 N–H and O–H groups in total. The molecule has 2 amide bonds. The van der Waals surface area contributed by atoms with Gasteiger partial charge in [0.15, 0.2) is 11.5 Å². The molecular formula is C22H19F4N9O. The highest BCUT2D eigenvalue weighted by molar-refractivity contribution is 5.90. The van der Waals surface area contributed by atoms with Gasteiger partial charge in [-0.05, 0) is 30.2 Å². The van der Waals surface area contributed by atoms with Gasteiger partial charge in [0, 0.05) is 24.8 Å². The second-order valence-electron chi connectivity index (χ2n) is 8.28. The van der Waals surface area contributed by atoms with Crippen molar-refractivity contribution in [1.82, 2.24) is 34.3 Å². The molecule has 0 aliphatic carbocycles. The molecule has 0 atom stereocenters. The lowest BCUT2D eigenvalue weighted by Gasteiger charge is -2.19. The van der Waals surface area contributed by atoms with Crippen LogP contribution in [0, 0.1) is 12.7 Å². The number of carbonyl (C=O) groups excluding carboxylic acids is 1. The predicted molar refractivity (Wildman–Crippen MR) is 122 cm³/mol. The van der Waals surface area contributed by atoms with E-state index in [1.165, 1.54) is 38.6 Å². The first-order valence-corrected chi connectivity index (χ1v) is 10.7. The van der Waals surface area contributed by atoms with Gasteiger partial charge in [0.05, 0.1) is 35.9 Å². The van der Waals surface area contributed by atoms with Gasteiger partial charge in [0.25, 0.3) is 0 Å². The van der Waals surface area contributed by atoms with Crippen molar-refractivity contribution >= 4 is 23.2 Å². The highest BCUT2D eigenvalue weighted by Gasteiger charge is 2.32. The fourth-order valence-corrected chi connectivity index (χ4v) is 3.97. The molecule has 4 heterocycles. The molecule has 1 aliphatic heterocycles. The van der Waals surface area contributed by atoms with Crippen LogP contribution in [0.3, 0.4) is 0 Å².